The highest BCUT2D eigenvalue weighted by molar-refractivity contribution is 7.14. The van der Waals surface area contributed by atoms with E-state index in [2.05, 4.69) is 5.32 Å². The second kappa shape index (κ2) is 4.89. The fourth-order valence-electron chi connectivity index (χ4n) is 1.46. The van der Waals surface area contributed by atoms with Crippen molar-refractivity contribution in [1.29, 1.82) is 0 Å². The van der Waals surface area contributed by atoms with Gasteiger partial charge in [-0.2, -0.15) is 0 Å². The van der Waals surface area contributed by atoms with Gasteiger partial charge in [0.05, 0.1) is 5.56 Å². The molecule has 5 N–H and O–H groups in total. The van der Waals surface area contributed by atoms with Crippen LogP contribution < -0.4 is 16.8 Å². The highest BCUT2D eigenvalue weighted by Gasteiger charge is 2.13. The van der Waals surface area contributed by atoms with Gasteiger partial charge in [-0.1, -0.05) is 6.07 Å². The molecule has 0 unspecified atom stereocenters. The molecule has 2 amide bonds. The van der Waals surface area contributed by atoms with Crippen molar-refractivity contribution in [1.82, 2.24) is 0 Å². The average Bonchev–Trinajstić information content (AvgIpc) is 2.77. The molecule has 1 aromatic carbocycles. The Balaban J connectivity index is 2.21. The van der Waals surface area contributed by atoms with E-state index in [-0.39, 0.29) is 5.91 Å². The zero-order valence-electron chi connectivity index (χ0n) is 9.34. The Kier molecular flexibility index (Phi) is 3.29. The van der Waals surface area contributed by atoms with Crippen molar-refractivity contribution in [2.45, 2.75) is 0 Å². The van der Waals surface area contributed by atoms with E-state index >= 15 is 0 Å². The number of rotatable bonds is 3. The van der Waals surface area contributed by atoms with E-state index in [1.165, 1.54) is 11.3 Å². The summed E-state index contributed by atoms with van der Waals surface area (Å²) in [5.41, 5.74) is 12.0. The number of hydrogen-bond acceptors (Lipinski definition) is 4. The van der Waals surface area contributed by atoms with Crippen LogP contribution in [-0.4, -0.2) is 11.8 Å². The Hall–Kier alpha value is -2.34. The fourth-order valence-corrected chi connectivity index (χ4v) is 2.24. The van der Waals surface area contributed by atoms with Crippen LogP contribution in [0.5, 0.6) is 0 Å². The lowest BCUT2D eigenvalue weighted by atomic mass is 10.2. The molecule has 0 aliphatic heterocycles. The van der Waals surface area contributed by atoms with Crippen molar-refractivity contribution < 1.29 is 9.59 Å². The van der Waals surface area contributed by atoms with Gasteiger partial charge in [0.25, 0.3) is 11.8 Å². The predicted molar refractivity (Wildman–Crippen MR) is 71.6 cm³/mol. The van der Waals surface area contributed by atoms with Gasteiger partial charge in [-0.3, -0.25) is 9.59 Å². The van der Waals surface area contributed by atoms with Crippen LogP contribution in [0.3, 0.4) is 0 Å². The third kappa shape index (κ3) is 2.49. The number of carbonyl (C=O) groups is 2. The Morgan fingerprint density at radius 3 is 2.67 bits per heavy atom. The quantitative estimate of drug-likeness (QED) is 0.733. The molecule has 0 saturated carbocycles. The van der Waals surface area contributed by atoms with Crippen LogP contribution in [0, 0.1) is 0 Å². The standard InChI is InChI=1S/C12H11N3O2S/c13-8-3-1-2-7(6-8)11(17)15-12-9(10(14)16)4-5-18-12/h1-6H,13H2,(H2,14,16)(H,15,17). The van der Waals surface area contributed by atoms with Crippen molar-refractivity contribution in [2.75, 3.05) is 11.1 Å². The number of nitrogen functional groups attached to an aromatic ring is 1. The molecule has 1 heterocycles. The number of thiophene rings is 1. The molecule has 0 aliphatic carbocycles. The van der Waals surface area contributed by atoms with Gasteiger partial charge < -0.3 is 16.8 Å². The molecule has 0 saturated heterocycles. The van der Waals surface area contributed by atoms with Gasteiger partial charge in [0.2, 0.25) is 0 Å². The maximum absolute atomic E-state index is 11.9. The van der Waals surface area contributed by atoms with Gasteiger partial charge in [0, 0.05) is 11.3 Å². The van der Waals surface area contributed by atoms with Crippen LogP contribution in [0.1, 0.15) is 20.7 Å². The molecule has 0 radical (unpaired) electrons. The van der Waals surface area contributed by atoms with E-state index in [9.17, 15) is 9.59 Å². The summed E-state index contributed by atoms with van der Waals surface area (Å²) in [6.07, 6.45) is 0. The van der Waals surface area contributed by atoms with Crippen LogP contribution >= 0.6 is 11.3 Å². The fraction of sp³-hybridized carbons (Fsp3) is 0. The summed E-state index contributed by atoms with van der Waals surface area (Å²) in [4.78, 5) is 23.0. The van der Waals surface area contributed by atoms with Gasteiger partial charge >= 0.3 is 0 Å². The molecule has 0 spiro atoms. The second-order valence-electron chi connectivity index (χ2n) is 3.61. The zero-order valence-corrected chi connectivity index (χ0v) is 10.2. The first-order valence-corrected chi connectivity index (χ1v) is 6.00. The summed E-state index contributed by atoms with van der Waals surface area (Å²) >= 11 is 1.24. The zero-order chi connectivity index (χ0) is 13.1. The van der Waals surface area contributed by atoms with E-state index in [1.807, 2.05) is 0 Å². The predicted octanol–water partition coefficient (Wildman–Crippen LogP) is 1.68. The molecule has 6 heteroatoms. The van der Waals surface area contributed by atoms with Crippen LogP contribution in [-0.2, 0) is 0 Å². The number of hydrogen-bond donors (Lipinski definition) is 3. The number of amides is 2. The van der Waals surface area contributed by atoms with E-state index in [0.29, 0.717) is 21.8 Å². The lowest BCUT2D eigenvalue weighted by Gasteiger charge is -2.05. The SMILES string of the molecule is NC(=O)c1ccsc1NC(=O)c1cccc(N)c1. The number of carbonyl (C=O) groups excluding carboxylic acids is 2. The highest BCUT2D eigenvalue weighted by Crippen LogP contribution is 2.23. The van der Waals surface area contributed by atoms with Crippen molar-refractivity contribution in [3.63, 3.8) is 0 Å². The van der Waals surface area contributed by atoms with Gasteiger partial charge in [0.15, 0.2) is 0 Å². The maximum Gasteiger partial charge on any atom is 0.256 e. The largest absolute Gasteiger partial charge is 0.399 e. The highest BCUT2D eigenvalue weighted by atomic mass is 32.1. The normalized spacial score (nSPS) is 10.0. The summed E-state index contributed by atoms with van der Waals surface area (Å²) in [7, 11) is 0. The molecule has 2 aromatic rings. The topological polar surface area (TPSA) is 98.2 Å². The summed E-state index contributed by atoms with van der Waals surface area (Å²) in [5.74, 6) is -0.897. The van der Waals surface area contributed by atoms with Crippen molar-refractivity contribution in [3.8, 4) is 0 Å². The molecule has 92 valence electrons. The molecular formula is C12H11N3O2S. The van der Waals surface area contributed by atoms with E-state index in [4.69, 9.17) is 11.5 Å². The summed E-state index contributed by atoms with van der Waals surface area (Å²) in [5, 5.41) is 4.77. The van der Waals surface area contributed by atoms with Crippen molar-refractivity contribution in [2.24, 2.45) is 5.73 Å². The number of anilines is 2. The molecule has 0 fully saturated rings. The van der Waals surface area contributed by atoms with Gasteiger partial charge in [-0.05, 0) is 29.6 Å². The number of primary amides is 1. The molecule has 0 aliphatic rings. The minimum Gasteiger partial charge on any atom is -0.399 e. The van der Waals surface area contributed by atoms with Gasteiger partial charge in [-0.25, -0.2) is 0 Å². The first kappa shape index (κ1) is 12.1. The molecule has 2 rings (SSSR count). The van der Waals surface area contributed by atoms with E-state index in [0.717, 1.165) is 0 Å². The molecule has 0 bridgehead atoms. The Bertz CT molecular complexity index is 607. The first-order chi connectivity index (χ1) is 8.58. The Labute approximate surface area is 107 Å². The van der Waals surface area contributed by atoms with Gasteiger partial charge in [-0.15, -0.1) is 11.3 Å². The van der Waals surface area contributed by atoms with Crippen LogP contribution in [0.4, 0.5) is 10.7 Å². The Morgan fingerprint density at radius 2 is 2.00 bits per heavy atom. The summed E-state index contributed by atoms with van der Waals surface area (Å²) in [6, 6.07) is 8.16. The smallest absolute Gasteiger partial charge is 0.256 e. The van der Waals surface area contributed by atoms with E-state index < -0.39 is 5.91 Å². The molecule has 5 nitrogen and oxygen atoms in total. The first-order valence-electron chi connectivity index (χ1n) is 5.12. The van der Waals surface area contributed by atoms with Crippen LogP contribution in [0.2, 0.25) is 0 Å². The third-order valence-electron chi connectivity index (χ3n) is 2.31. The maximum atomic E-state index is 11.9. The minimum atomic E-state index is -0.570. The third-order valence-corrected chi connectivity index (χ3v) is 3.14. The number of benzene rings is 1. The van der Waals surface area contributed by atoms with Gasteiger partial charge in [0.1, 0.15) is 5.00 Å². The van der Waals surface area contributed by atoms with Crippen LogP contribution in [0.15, 0.2) is 35.7 Å². The summed E-state index contributed by atoms with van der Waals surface area (Å²) in [6.45, 7) is 0. The average molecular weight is 261 g/mol. The second-order valence-corrected chi connectivity index (χ2v) is 4.52. The van der Waals surface area contributed by atoms with E-state index in [1.54, 1.807) is 35.7 Å². The molecule has 18 heavy (non-hydrogen) atoms. The lowest BCUT2D eigenvalue weighted by molar-refractivity contribution is 0.100. The summed E-state index contributed by atoms with van der Waals surface area (Å²) < 4.78 is 0. The molecule has 0 atom stereocenters. The minimum absolute atomic E-state index is 0.303. The number of nitrogens with one attached hydrogen (secondary N) is 1. The monoisotopic (exact) mass is 261 g/mol. The number of nitrogens with two attached hydrogens (primary N) is 2. The van der Waals surface area contributed by atoms with Crippen molar-refractivity contribution >= 4 is 33.8 Å². The molecule has 1 aromatic heterocycles. The van der Waals surface area contributed by atoms with Crippen molar-refractivity contribution in [3.05, 3.63) is 46.8 Å². The van der Waals surface area contributed by atoms with Crippen LogP contribution in [0.25, 0.3) is 0 Å². The Morgan fingerprint density at radius 1 is 1.22 bits per heavy atom. The lowest BCUT2D eigenvalue weighted by Crippen LogP contribution is -2.16. The molecular weight excluding hydrogens is 250 g/mol.